The predicted molar refractivity (Wildman–Crippen MR) is 66.3 cm³/mol. The summed E-state index contributed by atoms with van der Waals surface area (Å²) in [6, 6.07) is 0. The number of nitrogens with one attached hydrogen (secondary N) is 2. The van der Waals surface area contributed by atoms with Crippen LogP contribution in [0.5, 0.6) is 0 Å². The zero-order chi connectivity index (χ0) is 13.0. The number of nitrogen functional groups attached to an aromatic ring is 1. The number of nitrogens with zero attached hydrogens (tertiary/aromatic N) is 2. The fraction of sp³-hybridized carbons (Fsp3) is 0.636. The fourth-order valence-electron chi connectivity index (χ4n) is 2.33. The first-order valence-corrected chi connectivity index (χ1v) is 6.07. The Hall–Kier alpha value is -1.47. The third-order valence-corrected chi connectivity index (χ3v) is 3.37. The van der Waals surface area contributed by atoms with Gasteiger partial charge in [-0.1, -0.05) is 19.3 Å². The maximum absolute atomic E-state index is 13.6. The zero-order valence-corrected chi connectivity index (χ0v) is 10.1. The molecule has 1 aromatic rings. The summed E-state index contributed by atoms with van der Waals surface area (Å²) in [5.74, 6) is 4.86. The lowest BCUT2D eigenvalue weighted by Crippen LogP contribution is -2.44. The van der Waals surface area contributed by atoms with Gasteiger partial charge in [-0.25, -0.2) is 15.2 Å². The van der Waals surface area contributed by atoms with E-state index in [4.69, 9.17) is 5.84 Å². The van der Waals surface area contributed by atoms with Crippen molar-refractivity contribution in [2.45, 2.75) is 37.6 Å². The maximum Gasteiger partial charge on any atom is 0.239 e. The second-order valence-corrected chi connectivity index (χ2v) is 4.66. The van der Waals surface area contributed by atoms with Crippen molar-refractivity contribution in [3.05, 3.63) is 12.0 Å². The molecule has 0 bridgehead atoms. The Morgan fingerprint density at radius 3 is 2.72 bits per heavy atom. The Morgan fingerprint density at radius 1 is 1.39 bits per heavy atom. The number of halogens is 1. The average molecular weight is 255 g/mol. The summed E-state index contributed by atoms with van der Waals surface area (Å²) in [6.45, 7) is -0.0399. The molecule has 0 saturated heterocycles. The largest absolute Gasteiger partial charge is 0.394 e. The molecule has 6 nitrogen and oxygen atoms in total. The highest BCUT2D eigenvalue weighted by Gasteiger charge is 2.32. The molecule has 1 aromatic heterocycles. The number of anilines is 2. The van der Waals surface area contributed by atoms with E-state index in [9.17, 15) is 9.50 Å². The molecule has 5 N–H and O–H groups in total. The second-order valence-electron chi connectivity index (χ2n) is 4.66. The molecule has 0 radical (unpaired) electrons. The summed E-state index contributed by atoms with van der Waals surface area (Å²) in [6.07, 6.45) is 5.84. The standard InChI is InChI=1S/C11H18FN5O/c12-8-6-14-10(17-13)15-9(8)16-11(7-18)4-2-1-3-5-11/h6,18H,1-5,7,13H2,(H2,14,15,16,17). The monoisotopic (exact) mass is 255 g/mol. The molecule has 1 heterocycles. The van der Waals surface area contributed by atoms with Gasteiger partial charge in [0.25, 0.3) is 0 Å². The van der Waals surface area contributed by atoms with E-state index < -0.39 is 11.4 Å². The van der Waals surface area contributed by atoms with Gasteiger partial charge in [0.1, 0.15) is 0 Å². The molecule has 18 heavy (non-hydrogen) atoms. The van der Waals surface area contributed by atoms with E-state index in [0.29, 0.717) is 0 Å². The van der Waals surface area contributed by atoms with Gasteiger partial charge in [0.05, 0.1) is 18.3 Å². The number of rotatable bonds is 4. The molecule has 7 heteroatoms. The van der Waals surface area contributed by atoms with Crippen molar-refractivity contribution in [2.75, 3.05) is 17.3 Å². The lowest BCUT2D eigenvalue weighted by Gasteiger charge is -2.36. The fourth-order valence-corrected chi connectivity index (χ4v) is 2.33. The predicted octanol–water partition coefficient (Wildman–Crippen LogP) is 1.01. The van der Waals surface area contributed by atoms with Crippen molar-refractivity contribution in [3.63, 3.8) is 0 Å². The molecule has 1 saturated carbocycles. The number of aliphatic hydroxyl groups excluding tert-OH is 1. The molecule has 2 rings (SSSR count). The first-order chi connectivity index (χ1) is 8.69. The summed E-state index contributed by atoms with van der Waals surface area (Å²) < 4.78 is 13.6. The molecule has 0 unspecified atom stereocenters. The molecule has 1 aliphatic rings. The minimum Gasteiger partial charge on any atom is -0.394 e. The minimum absolute atomic E-state index is 0.0399. The van der Waals surface area contributed by atoms with Crippen molar-refractivity contribution in [1.29, 1.82) is 0 Å². The molecule has 0 amide bonds. The Labute approximate surface area is 105 Å². The van der Waals surface area contributed by atoms with Gasteiger partial charge in [0.2, 0.25) is 5.95 Å². The summed E-state index contributed by atoms with van der Waals surface area (Å²) in [5, 5.41) is 12.6. The highest BCUT2D eigenvalue weighted by atomic mass is 19.1. The molecule has 1 fully saturated rings. The van der Waals surface area contributed by atoms with E-state index in [-0.39, 0.29) is 18.4 Å². The van der Waals surface area contributed by atoms with E-state index in [2.05, 4.69) is 20.7 Å². The molecule has 0 atom stereocenters. The van der Waals surface area contributed by atoms with Gasteiger partial charge in [0, 0.05) is 0 Å². The van der Waals surface area contributed by atoms with Gasteiger partial charge >= 0.3 is 0 Å². The lowest BCUT2D eigenvalue weighted by molar-refractivity contribution is 0.172. The summed E-state index contributed by atoms with van der Waals surface area (Å²) in [4.78, 5) is 7.61. The van der Waals surface area contributed by atoms with Crippen molar-refractivity contribution in [1.82, 2.24) is 9.97 Å². The van der Waals surface area contributed by atoms with Crippen LogP contribution in [0.25, 0.3) is 0 Å². The maximum atomic E-state index is 13.6. The van der Waals surface area contributed by atoms with Crippen LogP contribution in [0.3, 0.4) is 0 Å². The highest BCUT2D eigenvalue weighted by Crippen LogP contribution is 2.31. The zero-order valence-electron chi connectivity index (χ0n) is 10.1. The van der Waals surface area contributed by atoms with Crippen LogP contribution in [-0.2, 0) is 0 Å². The van der Waals surface area contributed by atoms with Gasteiger partial charge in [0.15, 0.2) is 11.6 Å². The normalized spacial score (nSPS) is 18.4. The van der Waals surface area contributed by atoms with Crippen molar-refractivity contribution >= 4 is 11.8 Å². The van der Waals surface area contributed by atoms with Crippen LogP contribution in [0.1, 0.15) is 32.1 Å². The summed E-state index contributed by atoms with van der Waals surface area (Å²) >= 11 is 0. The average Bonchev–Trinajstić information content (AvgIpc) is 2.42. The molecule has 1 aliphatic carbocycles. The SMILES string of the molecule is NNc1ncc(F)c(NC2(CO)CCCCC2)n1. The third-order valence-electron chi connectivity index (χ3n) is 3.37. The number of aliphatic hydroxyl groups is 1. The number of hydrogen-bond acceptors (Lipinski definition) is 6. The van der Waals surface area contributed by atoms with Gasteiger partial charge in [-0.3, -0.25) is 5.43 Å². The molecule has 0 aromatic carbocycles. The quantitative estimate of drug-likeness (QED) is 0.473. The number of hydrogen-bond donors (Lipinski definition) is 4. The third kappa shape index (κ3) is 2.68. The lowest BCUT2D eigenvalue weighted by atomic mass is 9.82. The molecular formula is C11H18FN5O. The topological polar surface area (TPSA) is 96.1 Å². The first-order valence-electron chi connectivity index (χ1n) is 6.07. The van der Waals surface area contributed by atoms with E-state index in [0.717, 1.165) is 38.3 Å². The molecular weight excluding hydrogens is 237 g/mol. The number of nitrogens with two attached hydrogens (primary N) is 1. The Morgan fingerprint density at radius 2 is 2.11 bits per heavy atom. The van der Waals surface area contributed by atoms with Gasteiger partial charge in [-0.2, -0.15) is 4.98 Å². The van der Waals surface area contributed by atoms with Crippen LogP contribution in [0, 0.1) is 5.82 Å². The van der Waals surface area contributed by atoms with Crippen molar-refractivity contribution in [2.24, 2.45) is 5.84 Å². The smallest absolute Gasteiger partial charge is 0.239 e. The van der Waals surface area contributed by atoms with Crippen LogP contribution in [0.4, 0.5) is 16.2 Å². The minimum atomic E-state index is -0.549. The van der Waals surface area contributed by atoms with Gasteiger partial charge in [-0.05, 0) is 12.8 Å². The van der Waals surface area contributed by atoms with Crippen LogP contribution < -0.4 is 16.6 Å². The number of aromatic nitrogens is 2. The van der Waals surface area contributed by atoms with Gasteiger partial charge < -0.3 is 10.4 Å². The number of hydrazine groups is 1. The van der Waals surface area contributed by atoms with Crippen LogP contribution in [0.15, 0.2) is 6.20 Å². The van der Waals surface area contributed by atoms with E-state index in [1.165, 1.54) is 0 Å². The molecule has 0 spiro atoms. The Kier molecular flexibility index (Phi) is 3.93. The first kappa shape index (κ1) is 13.0. The van der Waals surface area contributed by atoms with Crippen LogP contribution >= 0.6 is 0 Å². The van der Waals surface area contributed by atoms with E-state index in [1.54, 1.807) is 0 Å². The summed E-state index contributed by atoms with van der Waals surface area (Å²) in [5.41, 5.74) is 1.78. The summed E-state index contributed by atoms with van der Waals surface area (Å²) in [7, 11) is 0. The van der Waals surface area contributed by atoms with E-state index in [1.807, 2.05) is 0 Å². The second kappa shape index (κ2) is 5.45. The van der Waals surface area contributed by atoms with Gasteiger partial charge in [-0.15, -0.1) is 0 Å². The van der Waals surface area contributed by atoms with Crippen LogP contribution in [-0.4, -0.2) is 27.2 Å². The van der Waals surface area contributed by atoms with E-state index >= 15 is 0 Å². The highest BCUT2D eigenvalue weighted by molar-refractivity contribution is 5.43. The molecule has 100 valence electrons. The Bertz CT molecular complexity index is 408. The van der Waals surface area contributed by atoms with Crippen molar-refractivity contribution in [3.8, 4) is 0 Å². The van der Waals surface area contributed by atoms with Crippen LogP contribution in [0.2, 0.25) is 0 Å². The van der Waals surface area contributed by atoms with Crippen molar-refractivity contribution < 1.29 is 9.50 Å². The molecule has 0 aliphatic heterocycles. The Balaban J connectivity index is 2.20.